The van der Waals surface area contributed by atoms with Gasteiger partial charge in [-0.15, -0.1) is 0 Å². The average molecular weight is 166 g/mol. The summed E-state index contributed by atoms with van der Waals surface area (Å²) in [6.07, 6.45) is -3.92. The summed E-state index contributed by atoms with van der Waals surface area (Å²) in [5.41, 5.74) is 0. The summed E-state index contributed by atoms with van der Waals surface area (Å²) >= 11 is 0. The van der Waals surface area contributed by atoms with Crippen LogP contribution in [0.25, 0.3) is 0 Å². The molecular weight excluding hydrogens is 157 g/mol. The van der Waals surface area contributed by atoms with Gasteiger partial charge in [0, 0.05) is 12.8 Å². The highest BCUT2D eigenvalue weighted by Crippen LogP contribution is 2.36. The Hall–Kier alpha value is -0.540. The van der Waals surface area contributed by atoms with Gasteiger partial charge in [0.15, 0.2) is 0 Å². The van der Waals surface area contributed by atoms with Gasteiger partial charge >= 0.3 is 6.18 Å². The van der Waals surface area contributed by atoms with Gasteiger partial charge in [0.25, 0.3) is 0 Å². The highest BCUT2D eigenvalue weighted by molar-refractivity contribution is 5.79. The normalized spacial score (nSPS) is 22.3. The van der Waals surface area contributed by atoms with E-state index < -0.39 is 12.1 Å². The number of halogens is 3. The van der Waals surface area contributed by atoms with Gasteiger partial charge in [-0.05, 0) is 12.8 Å². The summed E-state index contributed by atoms with van der Waals surface area (Å²) in [5.74, 6) is -1.27. The molecule has 1 nitrogen and oxygen atoms in total. The Kier molecular flexibility index (Phi) is 2.20. The number of alkyl halides is 3. The van der Waals surface area contributed by atoms with Crippen molar-refractivity contribution in [3.05, 3.63) is 0 Å². The predicted octanol–water partition coefficient (Wildman–Crippen LogP) is 2.31. The van der Waals surface area contributed by atoms with Crippen LogP contribution in [0, 0.1) is 5.92 Å². The van der Waals surface area contributed by atoms with Crippen molar-refractivity contribution in [2.75, 3.05) is 0 Å². The number of Topliss-reactive ketones (excluding diaryl/α,β-unsaturated/α-hetero) is 1. The fourth-order valence-electron chi connectivity index (χ4n) is 1.27. The molecule has 0 radical (unpaired) electrons. The Morgan fingerprint density at radius 2 is 1.64 bits per heavy atom. The Labute approximate surface area is 62.6 Å². The van der Waals surface area contributed by atoms with E-state index in [1.165, 1.54) is 0 Å². The molecule has 1 aliphatic rings. The molecule has 0 aromatic carbocycles. The third-order valence-corrected chi connectivity index (χ3v) is 2.01. The van der Waals surface area contributed by atoms with Crippen molar-refractivity contribution >= 4 is 5.78 Å². The maximum Gasteiger partial charge on any atom is 0.391 e. The lowest BCUT2D eigenvalue weighted by Crippen LogP contribution is -2.27. The molecule has 0 saturated heterocycles. The second-order valence-corrected chi connectivity index (χ2v) is 2.85. The molecule has 0 bridgehead atoms. The zero-order valence-electron chi connectivity index (χ0n) is 5.95. The maximum absolute atomic E-state index is 12.0. The highest BCUT2D eigenvalue weighted by Gasteiger charge is 2.40. The molecule has 0 N–H and O–H groups in total. The van der Waals surface area contributed by atoms with E-state index in [0.717, 1.165) is 0 Å². The Balaban J connectivity index is 2.45. The molecule has 1 saturated carbocycles. The van der Waals surface area contributed by atoms with Crippen LogP contribution in [0.5, 0.6) is 0 Å². The van der Waals surface area contributed by atoms with E-state index in [9.17, 15) is 18.0 Å². The number of hydrogen-bond acceptors (Lipinski definition) is 1. The van der Waals surface area contributed by atoms with Gasteiger partial charge in [0.1, 0.15) is 5.78 Å². The van der Waals surface area contributed by atoms with Gasteiger partial charge in [-0.1, -0.05) is 0 Å². The van der Waals surface area contributed by atoms with E-state index in [1.807, 2.05) is 0 Å². The largest absolute Gasteiger partial charge is 0.391 e. The standard InChI is InChI=1S/C7H9F3O/c8-7(9,10)5-1-3-6(11)4-2-5/h5H,1-4H2. The summed E-state index contributed by atoms with van der Waals surface area (Å²) in [5, 5.41) is 0. The quantitative estimate of drug-likeness (QED) is 0.539. The molecule has 0 spiro atoms. The fourth-order valence-corrected chi connectivity index (χ4v) is 1.27. The van der Waals surface area contributed by atoms with E-state index in [-0.39, 0.29) is 31.5 Å². The molecule has 0 unspecified atom stereocenters. The summed E-state index contributed by atoms with van der Waals surface area (Å²) in [6.45, 7) is 0. The lowest BCUT2D eigenvalue weighted by Gasteiger charge is -2.22. The second kappa shape index (κ2) is 2.83. The monoisotopic (exact) mass is 166 g/mol. The van der Waals surface area contributed by atoms with Crippen molar-refractivity contribution in [3.63, 3.8) is 0 Å². The lowest BCUT2D eigenvalue weighted by atomic mass is 9.88. The van der Waals surface area contributed by atoms with Crippen LogP contribution in [0.4, 0.5) is 13.2 Å². The molecule has 0 aromatic heterocycles. The first-order chi connectivity index (χ1) is 5.00. The summed E-state index contributed by atoms with van der Waals surface area (Å²) in [4.78, 5) is 10.6. The van der Waals surface area contributed by atoms with Gasteiger partial charge in [-0.2, -0.15) is 13.2 Å². The Morgan fingerprint density at radius 3 is 2.00 bits per heavy atom. The van der Waals surface area contributed by atoms with Crippen LogP contribution in [0.3, 0.4) is 0 Å². The number of ketones is 1. The summed E-state index contributed by atoms with van der Waals surface area (Å²) < 4.78 is 35.9. The van der Waals surface area contributed by atoms with Gasteiger partial charge in [-0.25, -0.2) is 0 Å². The first kappa shape index (κ1) is 8.56. The van der Waals surface area contributed by atoms with Gasteiger partial charge in [0.05, 0.1) is 5.92 Å². The molecule has 0 heterocycles. The van der Waals surface area contributed by atoms with Crippen molar-refractivity contribution in [2.45, 2.75) is 31.9 Å². The first-order valence-electron chi connectivity index (χ1n) is 3.58. The van der Waals surface area contributed by atoms with Crippen molar-refractivity contribution in [2.24, 2.45) is 5.92 Å². The predicted molar refractivity (Wildman–Crippen MR) is 33.0 cm³/mol. The summed E-state index contributed by atoms with van der Waals surface area (Å²) in [6, 6.07) is 0. The SMILES string of the molecule is O=C1CCC(C(F)(F)F)CC1. The molecule has 11 heavy (non-hydrogen) atoms. The van der Waals surface area contributed by atoms with Gasteiger partial charge < -0.3 is 0 Å². The van der Waals surface area contributed by atoms with Crippen LogP contribution in [0.1, 0.15) is 25.7 Å². The van der Waals surface area contributed by atoms with E-state index >= 15 is 0 Å². The molecule has 1 rings (SSSR count). The minimum absolute atomic E-state index is 0.0116. The van der Waals surface area contributed by atoms with E-state index in [2.05, 4.69) is 0 Å². The average Bonchev–Trinajstić information content (AvgIpc) is 1.86. The molecule has 0 aromatic rings. The third kappa shape index (κ3) is 2.20. The van der Waals surface area contributed by atoms with Crippen molar-refractivity contribution in [1.82, 2.24) is 0 Å². The summed E-state index contributed by atoms with van der Waals surface area (Å²) in [7, 11) is 0. The second-order valence-electron chi connectivity index (χ2n) is 2.85. The molecular formula is C7H9F3O. The van der Waals surface area contributed by atoms with E-state index in [1.54, 1.807) is 0 Å². The van der Waals surface area contributed by atoms with Crippen LogP contribution < -0.4 is 0 Å². The van der Waals surface area contributed by atoms with Crippen molar-refractivity contribution in [1.29, 1.82) is 0 Å². The fraction of sp³-hybridized carbons (Fsp3) is 0.857. The van der Waals surface area contributed by atoms with Crippen LogP contribution in [-0.4, -0.2) is 12.0 Å². The van der Waals surface area contributed by atoms with Crippen molar-refractivity contribution < 1.29 is 18.0 Å². The number of carbonyl (C=O) groups is 1. The Bertz CT molecular complexity index is 152. The molecule has 0 aliphatic heterocycles. The molecule has 64 valence electrons. The number of hydrogen-bond donors (Lipinski definition) is 0. The smallest absolute Gasteiger partial charge is 0.300 e. The molecule has 4 heteroatoms. The van der Waals surface area contributed by atoms with E-state index in [0.29, 0.717) is 0 Å². The number of rotatable bonds is 0. The van der Waals surface area contributed by atoms with Crippen LogP contribution in [-0.2, 0) is 4.79 Å². The molecule has 0 amide bonds. The van der Waals surface area contributed by atoms with Crippen LogP contribution in [0.15, 0.2) is 0 Å². The minimum atomic E-state index is -4.10. The minimum Gasteiger partial charge on any atom is -0.300 e. The third-order valence-electron chi connectivity index (χ3n) is 2.01. The van der Waals surface area contributed by atoms with Gasteiger partial charge in [0.2, 0.25) is 0 Å². The maximum atomic E-state index is 12.0. The Morgan fingerprint density at radius 1 is 1.18 bits per heavy atom. The molecule has 1 aliphatic carbocycles. The lowest BCUT2D eigenvalue weighted by molar-refractivity contribution is -0.182. The van der Waals surface area contributed by atoms with Crippen molar-refractivity contribution in [3.8, 4) is 0 Å². The van der Waals surface area contributed by atoms with Crippen LogP contribution >= 0.6 is 0 Å². The van der Waals surface area contributed by atoms with E-state index in [4.69, 9.17) is 0 Å². The molecule has 0 atom stereocenters. The first-order valence-corrected chi connectivity index (χ1v) is 3.58. The molecule has 1 fully saturated rings. The zero-order chi connectivity index (χ0) is 8.48. The zero-order valence-corrected chi connectivity index (χ0v) is 5.95. The number of carbonyl (C=O) groups excluding carboxylic acids is 1. The topological polar surface area (TPSA) is 17.1 Å². The van der Waals surface area contributed by atoms with Crippen LogP contribution in [0.2, 0.25) is 0 Å². The van der Waals surface area contributed by atoms with Gasteiger partial charge in [-0.3, -0.25) is 4.79 Å². The highest BCUT2D eigenvalue weighted by atomic mass is 19.4.